The molecule has 0 fully saturated rings. The number of methoxy groups -OCH3 is 1. The molecule has 4 nitrogen and oxygen atoms in total. The molecule has 0 aliphatic heterocycles. The fourth-order valence-electron chi connectivity index (χ4n) is 5.45. The minimum Gasteiger partial charge on any atom is -0.469 e. The lowest BCUT2D eigenvalue weighted by Gasteiger charge is -2.42. The monoisotopic (exact) mass is 396 g/mol. The molecule has 1 aliphatic rings. The van der Waals surface area contributed by atoms with Crippen molar-refractivity contribution in [2.75, 3.05) is 13.7 Å². The molecule has 0 amide bonds. The van der Waals surface area contributed by atoms with E-state index < -0.39 is 8.32 Å². The highest BCUT2D eigenvalue weighted by Crippen LogP contribution is 2.51. The number of aldehydes is 1. The largest absolute Gasteiger partial charge is 0.469 e. The number of allylic oxidation sites excluding steroid dienone is 1. The van der Waals surface area contributed by atoms with Crippen LogP contribution in [0.4, 0.5) is 0 Å². The van der Waals surface area contributed by atoms with E-state index in [1.807, 2.05) is 0 Å². The minimum atomic E-state index is -1.95. The number of carbonyl (C=O) groups is 2. The first-order chi connectivity index (χ1) is 12.5. The van der Waals surface area contributed by atoms with Crippen molar-refractivity contribution in [2.24, 2.45) is 11.3 Å². The van der Waals surface area contributed by atoms with Crippen LogP contribution in [-0.4, -0.2) is 34.3 Å². The van der Waals surface area contributed by atoms with Gasteiger partial charge in [0.15, 0.2) is 0 Å². The third kappa shape index (κ3) is 4.92. The van der Waals surface area contributed by atoms with E-state index in [9.17, 15) is 9.59 Å². The van der Waals surface area contributed by atoms with Gasteiger partial charge >= 0.3 is 5.97 Å². The van der Waals surface area contributed by atoms with Crippen LogP contribution in [0.5, 0.6) is 0 Å². The van der Waals surface area contributed by atoms with Crippen molar-refractivity contribution in [3.05, 3.63) is 11.1 Å². The second-order valence-corrected chi connectivity index (χ2v) is 14.9. The Bertz CT molecular complexity index is 543. The maximum Gasteiger partial charge on any atom is 0.306 e. The number of carbonyl (C=O) groups excluding carboxylic acids is 2. The highest BCUT2D eigenvalue weighted by Gasteiger charge is 2.47. The van der Waals surface area contributed by atoms with Crippen LogP contribution in [0.3, 0.4) is 0 Å². The number of esters is 1. The third-order valence-corrected chi connectivity index (χ3v) is 12.9. The Morgan fingerprint density at radius 3 is 2.11 bits per heavy atom. The summed E-state index contributed by atoms with van der Waals surface area (Å²) in [6.45, 7) is 18.6. The van der Waals surface area contributed by atoms with E-state index in [1.165, 1.54) is 18.3 Å². The summed E-state index contributed by atoms with van der Waals surface area (Å²) in [6.07, 6.45) is 2.59. The zero-order chi connectivity index (χ0) is 21.0. The van der Waals surface area contributed by atoms with E-state index in [4.69, 9.17) is 9.16 Å². The Morgan fingerprint density at radius 1 is 1.19 bits per heavy atom. The van der Waals surface area contributed by atoms with Gasteiger partial charge in [-0.1, -0.05) is 54.0 Å². The first-order valence-corrected chi connectivity index (χ1v) is 12.4. The summed E-state index contributed by atoms with van der Waals surface area (Å²) in [6, 6.07) is 0. The summed E-state index contributed by atoms with van der Waals surface area (Å²) in [7, 11) is -0.524. The zero-order valence-electron chi connectivity index (χ0n) is 18.8. The molecule has 0 bridgehead atoms. The van der Waals surface area contributed by atoms with Crippen molar-refractivity contribution < 1.29 is 18.8 Å². The number of hydrogen-bond acceptors (Lipinski definition) is 4. The van der Waals surface area contributed by atoms with Crippen LogP contribution in [-0.2, 0) is 18.8 Å². The predicted molar refractivity (Wildman–Crippen MR) is 113 cm³/mol. The van der Waals surface area contributed by atoms with Gasteiger partial charge in [-0.25, -0.2) is 0 Å². The van der Waals surface area contributed by atoms with E-state index >= 15 is 0 Å². The first kappa shape index (κ1) is 24.1. The van der Waals surface area contributed by atoms with E-state index in [0.29, 0.717) is 36.1 Å². The zero-order valence-corrected chi connectivity index (χ0v) is 19.8. The standard InChI is InChI=1S/C22H40O4Si/c1-15(2)27(16(3)4,17(5)6)26-14-19-13-22(8,10-11-23)20(18(19)7)12-21(24)25-9/h11,15-17,20H,10,12-14H2,1-9H3/t20-,22-/m1/s1. The van der Waals surface area contributed by atoms with Crippen molar-refractivity contribution >= 4 is 20.6 Å². The third-order valence-electron chi connectivity index (χ3n) is 6.89. The Balaban J connectivity index is 3.13. The van der Waals surface area contributed by atoms with E-state index in [-0.39, 0.29) is 17.3 Å². The van der Waals surface area contributed by atoms with Gasteiger partial charge in [-0.3, -0.25) is 4.79 Å². The summed E-state index contributed by atoms with van der Waals surface area (Å²) in [5.74, 6) is -0.170. The fourth-order valence-corrected chi connectivity index (χ4v) is 10.9. The Hall–Kier alpha value is -0.943. The van der Waals surface area contributed by atoms with Crippen LogP contribution in [0.15, 0.2) is 11.1 Å². The molecular weight excluding hydrogens is 356 g/mol. The summed E-state index contributed by atoms with van der Waals surface area (Å²) < 4.78 is 11.7. The van der Waals surface area contributed by atoms with Crippen molar-refractivity contribution in [2.45, 2.75) is 91.3 Å². The van der Waals surface area contributed by atoms with Crippen LogP contribution in [0.2, 0.25) is 16.6 Å². The van der Waals surface area contributed by atoms with Crippen molar-refractivity contribution in [1.29, 1.82) is 0 Å². The average Bonchev–Trinajstić information content (AvgIpc) is 2.79. The van der Waals surface area contributed by atoms with Gasteiger partial charge in [-0.05, 0) is 46.9 Å². The van der Waals surface area contributed by atoms with Gasteiger partial charge in [0.2, 0.25) is 8.32 Å². The lowest BCUT2D eigenvalue weighted by molar-refractivity contribution is -0.142. The summed E-state index contributed by atoms with van der Waals surface area (Å²) >= 11 is 0. The second kappa shape index (κ2) is 9.51. The molecule has 1 rings (SSSR count). The molecule has 0 N–H and O–H groups in total. The maximum atomic E-state index is 11.9. The number of hydrogen-bond donors (Lipinski definition) is 0. The van der Waals surface area contributed by atoms with Gasteiger partial charge in [0, 0.05) is 6.42 Å². The maximum absolute atomic E-state index is 11.9. The Kier molecular flexibility index (Phi) is 8.48. The van der Waals surface area contributed by atoms with Gasteiger partial charge in [0.25, 0.3) is 0 Å². The van der Waals surface area contributed by atoms with Gasteiger partial charge in [-0.2, -0.15) is 0 Å². The molecule has 0 saturated heterocycles. The SMILES string of the molecule is COC(=O)C[C@@H]1C(C)=C(CO[Si](C(C)C)(C(C)C)C(C)C)C[C@@]1(C)CC=O. The van der Waals surface area contributed by atoms with Crippen LogP contribution in [0.1, 0.15) is 74.7 Å². The van der Waals surface area contributed by atoms with Gasteiger partial charge in [0.05, 0.1) is 20.1 Å². The molecule has 5 heteroatoms. The quantitative estimate of drug-likeness (QED) is 0.206. The minimum absolute atomic E-state index is 0.0435. The molecule has 0 aromatic heterocycles. The van der Waals surface area contributed by atoms with Gasteiger partial charge in [-0.15, -0.1) is 0 Å². The van der Waals surface area contributed by atoms with Crippen molar-refractivity contribution in [3.63, 3.8) is 0 Å². The number of rotatable bonds is 10. The molecule has 0 radical (unpaired) electrons. The molecule has 2 atom stereocenters. The van der Waals surface area contributed by atoms with Gasteiger partial charge < -0.3 is 14.0 Å². The molecule has 156 valence electrons. The molecule has 1 aliphatic carbocycles. The molecule has 0 unspecified atom stereocenters. The molecular formula is C22H40O4Si. The molecule has 0 spiro atoms. The van der Waals surface area contributed by atoms with Crippen LogP contribution in [0.25, 0.3) is 0 Å². The normalized spacial score (nSPS) is 23.6. The topological polar surface area (TPSA) is 52.6 Å². The molecule has 0 aromatic rings. The summed E-state index contributed by atoms with van der Waals surface area (Å²) in [4.78, 5) is 23.2. The van der Waals surface area contributed by atoms with E-state index in [0.717, 1.165) is 12.7 Å². The van der Waals surface area contributed by atoms with E-state index in [1.54, 1.807) is 0 Å². The number of ether oxygens (including phenoxy) is 1. The highest BCUT2D eigenvalue weighted by molar-refractivity contribution is 6.77. The predicted octanol–water partition coefficient (Wildman–Crippen LogP) is 5.67. The van der Waals surface area contributed by atoms with Crippen LogP contribution in [0, 0.1) is 11.3 Å². The van der Waals surface area contributed by atoms with Crippen LogP contribution >= 0.6 is 0 Å². The fraction of sp³-hybridized carbons (Fsp3) is 0.818. The summed E-state index contributed by atoms with van der Waals surface area (Å²) in [5.41, 5.74) is 3.86. The Morgan fingerprint density at radius 2 is 1.70 bits per heavy atom. The molecule has 0 aromatic carbocycles. The van der Waals surface area contributed by atoms with Crippen molar-refractivity contribution in [1.82, 2.24) is 0 Å². The Labute approximate surface area is 167 Å². The van der Waals surface area contributed by atoms with Crippen LogP contribution < -0.4 is 0 Å². The lowest BCUT2D eigenvalue weighted by Crippen LogP contribution is -2.48. The smallest absolute Gasteiger partial charge is 0.306 e. The average molecular weight is 397 g/mol. The van der Waals surface area contributed by atoms with Crippen molar-refractivity contribution in [3.8, 4) is 0 Å². The molecule has 0 heterocycles. The summed E-state index contributed by atoms with van der Waals surface area (Å²) in [5, 5.41) is 0. The molecule has 0 saturated carbocycles. The molecule has 27 heavy (non-hydrogen) atoms. The highest BCUT2D eigenvalue weighted by atomic mass is 28.4. The van der Waals surface area contributed by atoms with E-state index in [2.05, 4.69) is 55.4 Å². The second-order valence-electron chi connectivity index (χ2n) is 9.43. The lowest BCUT2D eigenvalue weighted by atomic mass is 9.73. The van der Waals surface area contributed by atoms with Gasteiger partial charge in [0.1, 0.15) is 6.29 Å². The first-order valence-electron chi connectivity index (χ1n) is 10.3.